The van der Waals surface area contributed by atoms with Gasteiger partial charge in [-0.3, -0.25) is 0 Å². The molecule has 0 spiro atoms. The van der Waals surface area contributed by atoms with Crippen LogP contribution in [0.4, 0.5) is 0 Å². The zero-order valence-electron chi connectivity index (χ0n) is 6.61. The summed E-state index contributed by atoms with van der Waals surface area (Å²) in [7, 11) is 0.360. The van der Waals surface area contributed by atoms with E-state index in [4.69, 9.17) is 5.50 Å². The third kappa shape index (κ3) is 2.45. The van der Waals surface area contributed by atoms with E-state index >= 15 is 0 Å². The maximum Gasteiger partial charge on any atom is -0.0134 e. The molecule has 0 heterocycles. The first-order chi connectivity index (χ1) is 4.24. The predicted octanol–water partition coefficient (Wildman–Crippen LogP) is 2.32. The molecule has 1 unspecified atom stereocenters. The summed E-state index contributed by atoms with van der Waals surface area (Å²) in [4.78, 5) is 0. The van der Waals surface area contributed by atoms with Gasteiger partial charge in [0.25, 0.3) is 0 Å². The minimum absolute atomic E-state index is 0.343. The third-order valence-electron chi connectivity index (χ3n) is 1.91. The summed E-state index contributed by atoms with van der Waals surface area (Å²) in [5.74, 6) is 3.94. The van der Waals surface area contributed by atoms with Crippen LogP contribution in [0, 0.1) is 0 Å². The van der Waals surface area contributed by atoms with Gasteiger partial charge in [-0.05, 0) is 25.2 Å². The monoisotopic (exact) mass is 167 g/mol. The lowest BCUT2D eigenvalue weighted by Gasteiger charge is -2.34. The molecule has 0 bridgehead atoms. The van der Waals surface area contributed by atoms with E-state index in [0.717, 1.165) is 0 Å². The van der Waals surface area contributed by atoms with Crippen LogP contribution in [-0.2, 0) is 0 Å². The average Bonchev–Trinajstić information content (AvgIpc) is 1.95. The van der Waals surface area contributed by atoms with Gasteiger partial charge in [-0.15, -0.1) is 0 Å². The molecule has 0 saturated heterocycles. The second kappa shape index (κ2) is 4.54. The molecule has 2 N–H and O–H groups in total. The number of hydrogen-bond donors (Lipinski definition) is 1. The van der Waals surface area contributed by atoms with Crippen molar-refractivity contribution in [2.24, 2.45) is 5.50 Å². The number of hydrogen-bond acceptors (Lipinski definition) is 1. The lowest BCUT2D eigenvalue weighted by molar-refractivity contribution is 1.37. The van der Waals surface area contributed by atoms with Crippen molar-refractivity contribution in [3.63, 3.8) is 0 Å². The van der Waals surface area contributed by atoms with E-state index in [1.54, 1.807) is 0 Å². The zero-order chi connectivity index (χ0) is 7.33. The van der Waals surface area contributed by atoms with Crippen LogP contribution < -0.4 is 5.50 Å². The molecule has 0 aromatic rings. The van der Waals surface area contributed by atoms with Crippen LogP contribution >= 0.6 is 17.6 Å². The van der Waals surface area contributed by atoms with Gasteiger partial charge in [0, 0.05) is 0 Å². The van der Waals surface area contributed by atoms with Crippen LogP contribution in [0.25, 0.3) is 0 Å². The Balaban J connectivity index is 3.82. The van der Waals surface area contributed by atoms with Gasteiger partial charge < -0.3 is 5.50 Å². The molecule has 0 aromatic carbocycles. The van der Waals surface area contributed by atoms with Crippen molar-refractivity contribution in [3.05, 3.63) is 0 Å². The van der Waals surface area contributed by atoms with Crippen molar-refractivity contribution in [2.45, 2.75) is 20.8 Å². The minimum Gasteiger partial charge on any atom is -0.305 e. The molecule has 0 radical (unpaired) electrons. The summed E-state index contributed by atoms with van der Waals surface area (Å²) in [5, 5.41) is 0. The van der Waals surface area contributed by atoms with E-state index in [2.05, 4.69) is 20.8 Å². The summed E-state index contributed by atoms with van der Waals surface area (Å²) in [5.41, 5.74) is 5.70. The van der Waals surface area contributed by atoms with Crippen molar-refractivity contribution >= 4 is 17.6 Å². The summed E-state index contributed by atoms with van der Waals surface area (Å²) in [6.07, 6.45) is 0. The van der Waals surface area contributed by atoms with E-state index in [1.807, 2.05) is 0 Å². The summed E-state index contributed by atoms with van der Waals surface area (Å²) in [6.45, 7) is 6.80. The second-order valence-electron chi connectivity index (χ2n) is 2.03. The molecule has 3 heteroatoms. The predicted molar refractivity (Wildman–Crippen MR) is 51.7 cm³/mol. The second-order valence-corrected chi connectivity index (χ2v) is 9.39. The van der Waals surface area contributed by atoms with E-state index in [9.17, 15) is 0 Å². The summed E-state index contributed by atoms with van der Waals surface area (Å²) < 4.78 is 0. The molecule has 0 amide bonds. The Morgan fingerprint density at radius 2 is 1.44 bits per heavy atom. The topological polar surface area (TPSA) is 26.0 Å². The Bertz CT molecular complexity index is 55.9. The van der Waals surface area contributed by atoms with E-state index in [1.165, 1.54) is 17.3 Å². The van der Waals surface area contributed by atoms with Gasteiger partial charge in [0.05, 0.1) is 0 Å². The van der Waals surface area contributed by atoms with Crippen molar-refractivity contribution in [2.75, 3.05) is 17.3 Å². The van der Waals surface area contributed by atoms with Crippen LogP contribution in [0.2, 0.25) is 0 Å². The molecule has 58 valence electrons. The zero-order valence-corrected chi connectivity index (χ0v) is 8.42. The average molecular weight is 167 g/mol. The Morgan fingerprint density at radius 3 is 1.44 bits per heavy atom. The van der Waals surface area contributed by atoms with Gasteiger partial charge in [-0.1, -0.05) is 20.8 Å². The van der Waals surface area contributed by atoms with Gasteiger partial charge in [0.1, 0.15) is 0 Å². The highest BCUT2D eigenvalue weighted by atomic mass is 32.8. The maximum absolute atomic E-state index is 5.70. The molecular formula is C6H18NPS. The molecule has 9 heavy (non-hydrogen) atoms. The van der Waals surface area contributed by atoms with Crippen LogP contribution in [0.3, 0.4) is 0 Å². The fourth-order valence-electron chi connectivity index (χ4n) is 0.862. The van der Waals surface area contributed by atoms with Crippen molar-refractivity contribution in [1.82, 2.24) is 0 Å². The normalized spacial score (nSPS) is 15.1. The maximum atomic E-state index is 5.70. The van der Waals surface area contributed by atoms with Crippen molar-refractivity contribution < 1.29 is 0 Å². The van der Waals surface area contributed by atoms with Gasteiger partial charge in [0.2, 0.25) is 0 Å². The fourth-order valence-corrected chi connectivity index (χ4v) is 4.09. The lowest BCUT2D eigenvalue weighted by atomic mass is 10.9. The molecule has 0 aliphatic rings. The highest BCUT2D eigenvalue weighted by Gasteiger charge is 2.14. The van der Waals surface area contributed by atoms with E-state index < -0.39 is 0 Å². The van der Waals surface area contributed by atoms with Crippen molar-refractivity contribution in [3.8, 4) is 0 Å². The molecule has 1 nitrogen and oxygen atoms in total. The van der Waals surface area contributed by atoms with E-state index in [0.29, 0.717) is 7.93 Å². The van der Waals surface area contributed by atoms with Crippen LogP contribution in [-0.4, -0.2) is 17.3 Å². The van der Waals surface area contributed by atoms with Gasteiger partial charge in [-0.25, -0.2) is 9.65 Å². The smallest absolute Gasteiger partial charge is 0.0134 e. The first-order valence-corrected chi connectivity index (χ1v) is 7.42. The Morgan fingerprint density at radius 1 is 1.11 bits per heavy atom. The molecular weight excluding hydrogens is 149 g/mol. The minimum atomic E-state index is -0.343. The quantitative estimate of drug-likeness (QED) is 0.639. The number of nitrogens with two attached hydrogens (primary N) is 1. The van der Waals surface area contributed by atoms with Gasteiger partial charge in [-0.2, -0.15) is 0 Å². The van der Waals surface area contributed by atoms with Crippen LogP contribution in [0.5, 0.6) is 0 Å². The highest BCUT2D eigenvalue weighted by Crippen LogP contribution is 2.60. The molecule has 1 atom stereocenters. The van der Waals surface area contributed by atoms with E-state index in [-0.39, 0.29) is 9.65 Å². The number of rotatable bonds is 4. The Kier molecular flexibility index (Phi) is 4.91. The van der Waals surface area contributed by atoms with Crippen LogP contribution in [0.1, 0.15) is 20.8 Å². The highest BCUT2D eigenvalue weighted by molar-refractivity contribution is 8.72. The van der Waals surface area contributed by atoms with Crippen molar-refractivity contribution in [1.29, 1.82) is 0 Å². The largest absolute Gasteiger partial charge is 0.305 e. The Hall–Kier alpha value is 0.740. The molecule has 0 fully saturated rings. The standard InChI is InChI=1S/C6H18NPS/c1-4-9(5-2,6-3)8-7/h8H,4-7H2,1-3H3. The molecule has 0 aliphatic carbocycles. The third-order valence-corrected chi connectivity index (χ3v) is 9.82. The van der Waals surface area contributed by atoms with Gasteiger partial charge in [0.15, 0.2) is 0 Å². The molecule has 0 aliphatic heterocycles. The van der Waals surface area contributed by atoms with Crippen LogP contribution in [0.15, 0.2) is 0 Å². The van der Waals surface area contributed by atoms with Gasteiger partial charge >= 0.3 is 0 Å². The fraction of sp³-hybridized carbons (Fsp3) is 1.00. The lowest BCUT2D eigenvalue weighted by Crippen LogP contribution is -2.04. The molecule has 0 saturated carbocycles. The summed E-state index contributed by atoms with van der Waals surface area (Å²) in [6, 6.07) is 0. The molecule has 0 aromatic heterocycles. The summed E-state index contributed by atoms with van der Waals surface area (Å²) >= 11 is 0. The molecule has 0 rings (SSSR count). The SMILES string of the molecule is CCS(CC)(CC)PN. The first-order valence-electron chi connectivity index (χ1n) is 3.48. The Labute approximate surface area is 61.7 Å². The first kappa shape index (κ1) is 9.74.